The topological polar surface area (TPSA) is 73.9 Å². The molecule has 0 radical (unpaired) electrons. The van der Waals surface area contributed by atoms with Crippen LogP contribution in [-0.4, -0.2) is 32.7 Å². The lowest BCUT2D eigenvalue weighted by atomic mass is 9.99. The smallest absolute Gasteiger partial charge is 0.318 e. The van der Waals surface area contributed by atoms with E-state index >= 15 is 0 Å². The summed E-state index contributed by atoms with van der Waals surface area (Å²) in [5.41, 5.74) is 1.01. The van der Waals surface area contributed by atoms with Gasteiger partial charge in [0.15, 0.2) is 17.5 Å². The molecule has 126 valence electrons. The van der Waals surface area contributed by atoms with Crippen LogP contribution in [0.15, 0.2) is 12.1 Å². The third kappa shape index (κ3) is 2.83. The highest BCUT2D eigenvalue weighted by Gasteiger charge is 2.28. The number of nitrogens with zero attached hydrogens (tertiary/aromatic N) is 3. The fourth-order valence-corrected chi connectivity index (χ4v) is 2.92. The van der Waals surface area contributed by atoms with E-state index in [2.05, 4.69) is 20.5 Å². The third-order valence-electron chi connectivity index (χ3n) is 4.48. The highest BCUT2D eigenvalue weighted by molar-refractivity contribution is 5.74. The highest BCUT2D eigenvalue weighted by atomic mass is 19.2. The van der Waals surface area contributed by atoms with Crippen LogP contribution in [-0.2, 0) is 19.5 Å². The maximum absolute atomic E-state index is 13.9. The van der Waals surface area contributed by atoms with E-state index < -0.39 is 11.6 Å². The van der Waals surface area contributed by atoms with Gasteiger partial charge in [0.1, 0.15) is 5.82 Å². The van der Waals surface area contributed by atoms with Gasteiger partial charge in [-0.1, -0.05) is 6.07 Å². The van der Waals surface area contributed by atoms with Gasteiger partial charge in [-0.3, -0.25) is 5.10 Å². The first-order valence-electron chi connectivity index (χ1n) is 8.01. The van der Waals surface area contributed by atoms with E-state index in [4.69, 9.17) is 0 Å². The first-order valence-corrected chi connectivity index (χ1v) is 8.01. The number of H-pyrrole nitrogens is 1. The molecule has 6 nitrogen and oxygen atoms in total. The Hall–Kier alpha value is -2.51. The van der Waals surface area contributed by atoms with Gasteiger partial charge < -0.3 is 10.2 Å². The number of carbonyl (C=O) groups excluding carboxylic acids is 1. The number of halogens is 2. The molecule has 1 fully saturated rings. The summed E-state index contributed by atoms with van der Waals surface area (Å²) in [5.74, 6) is 0.0883. The van der Waals surface area contributed by atoms with Gasteiger partial charge in [-0.25, -0.2) is 18.6 Å². The summed E-state index contributed by atoms with van der Waals surface area (Å²) < 4.78 is 27.3. The van der Waals surface area contributed by atoms with Crippen molar-refractivity contribution in [3.8, 4) is 0 Å². The number of nitrogens with one attached hydrogen (secondary N) is 2. The standard InChI is InChI=1S/C16H17F2N5O/c17-12-4-3-9-5-6-23(8-11(9)14(12)18)16(24)19-7-13-20-15(22-21-13)10-1-2-10/h3-4,10H,1-2,5-8H2,(H,19,24)(H,20,21,22). The summed E-state index contributed by atoms with van der Waals surface area (Å²) in [6, 6.07) is 2.39. The number of hydrogen-bond acceptors (Lipinski definition) is 3. The van der Waals surface area contributed by atoms with E-state index in [0.717, 1.165) is 30.3 Å². The lowest BCUT2D eigenvalue weighted by Gasteiger charge is -2.29. The van der Waals surface area contributed by atoms with Gasteiger partial charge in [-0.05, 0) is 30.9 Å². The lowest BCUT2D eigenvalue weighted by Crippen LogP contribution is -2.43. The van der Waals surface area contributed by atoms with Crippen molar-refractivity contribution in [2.45, 2.75) is 38.3 Å². The molecule has 2 N–H and O–H groups in total. The first-order chi connectivity index (χ1) is 11.6. The van der Waals surface area contributed by atoms with Gasteiger partial charge in [0.05, 0.1) is 13.1 Å². The predicted octanol–water partition coefficient (Wildman–Crippen LogP) is 2.23. The van der Waals surface area contributed by atoms with E-state index in [0.29, 0.717) is 24.7 Å². The Bertz CT molecular complexity index is 787. The molecule has 24 heavy (non-hydrogen) atoms. The molecule has 1 aromatic carbocycles. The second-order valence-corrected chi connectivity index (χ2v) is 6.24. The second-order valence-electron chi connectivity index (χ2n) is 6.24. The number of fused-ring (bicyclic) bond motifs is 1. The van der Waals surface area contributed by atoms with Crippen LogP contribution in [0, 0.1) is 11.6 Å². The van der Waals surface area contributed by atoms with Crippen LogP contribution in [0.2, 0.25) is 0 Å². The van der Waals surface area contributed by atoms with Crippen LogP contribution in [0.3, 0.4) is 0 Å². The maximum atomic E-state index is 13.9. The summed E-state index contributed by atoms with van der Waals surface area (Å²) >= 11 is 0. The molecular weight excluding hydrogens is 316 g/mol. The van der Waals surface area contributed by atoms with Crippen molar-refractivity contribution in [2.24, 2.45) is 0 Å². The molecule has 1 aliphatic heterocycles. The average molecular weight is 333 g/mol. The van der Waals surface area contributed by atoms with Crippen LogP contribution < -0.4 is 5.32 Å². The summed E-state index contributed by atoms with van der Waals surface area (Å²) in [4.78, 5) is 18.1. The SMILES string of the molecule is O=C(NCc1nc(C2CC2)n[nH]1)N1CCc2ccc(F)c(F)c2C1. The number of amides is 2. The largest absolute Gasteiger partial charge is 0.331 e. The van der Waals surface area contributed by atoms with Crippen molar-refractivity contribution in [2.75, 3.05) is 6.54 Å². The van der Waals surface area contributed by atoms with E-state index in [1.807, 2.05) is 0 Å². The molecule has 1 saturated carbocycles. The van der Waals surface area contributed by atoms with Gasteiger partial charge in [0.2, 0.25) is 0 Å². The minimum atomic E-state index is -0.884. The predicted molar refractivity (Wildman–Crippen MR) is 81.1 cm³/mol. The van der Waals surface area contributed by atoms with Crippen molar-refractivity contribution in [3.63, 3.8) is 0 Å². The van der Waals surface area contributed by atoms with E-state index in [-0.39, 0.29) is 24.7 Å². The van der Waals surface area contributed by atoms with Crippen LogP contribution >= 0.6 is 0 Å². The summed E-state index contributed by atoms with van der Waals surface area (Å²) in [6.07, 6.45) is 2.73. The number of hydrogen-bond donors (Lipinski definition) is 2. The summed E-state index contributed by atoms with van der Waals surface area (Å²) in [6.45, 7) is 0.760. The third-order valence-corrected chi connectivity index (χ3v) is 4.48. The van der Waals surface area contributed by atoms with Crippen molar-refractivity contribution in [1.29, 1.82) is 0 Å². The Labute approximate surface area is 137 Å². The molecule has 4 rings (SSSR count). The van der Waals surface area contributed by atoms with Gasteiger partial charge in [-0.15, -0.1) is 0 Å². The fraction of sp³-hybridized carbons (Fsp3) is 0.438. The molecule has 0 unspecified atom stereocenters. The van der Waals surface area contributed by atoms with Gasteiger partial charge >= 0.3 is 6.03 Å². The number of aromatic amines is 1. The van der Waals surface area contributed by atoms with E-state index in [9.17, 15) is 13.6 Å². The number of carbonyl (C=O) groups is 1. The van der Waals surface area contributed by atoms with Crippen LogP contribution in [0.25, 0.3) is 0 Å². The molecule has 1 aromatic heterocycles. The zero-order valence-electron chi connectivity index (χ0n) is 13.0. The quantitative estimate of drug-likeness (QED) is 0.904. The maximum Gasteiger partial charge on any atom is 0.318 e. The Kier molecular flexibility index (Phi) is 3.66. The van der Waals surface area contributed by atoms with E-state index in [1.54, 1.807) is 6.07 Å². The molecular formula is C16H17F2N5O. The molecule has 0 spiro atoms. The molecule has 1 aliphatic carbocycles. The zero-order chi connectivity index (χ0) is 16.7. The molecule has 2 aromatic rings. The van der Waals surface area contributed by atoms with Crippen LogP contribution in [0.5, 0.6) is 0 Å². The molecule has 2 heterocycles. The number of rotatable bonds is 3. The lowest BCUT2D eigenvalue weighted by molar-refractivity contribution is 0.190. The summed E-state index contributed by atoms with van der Waals surface area (Å²) in [5, 5.41) is 9.68. The number of aromatic nitrogens is 3. The van der Waals surface area contributed by atoms with Gasteiger partial charge in [0.25, 0.3) is 0 Å². The van der Waals surface area contributed by atoms with Crippen molar-refractivity contribution >= 4 is 6.03 Å². The van der Waals surface area contributed by atoms with Crippen molar-refractivity contribution in [3.05, 3.63) is 46.5 Å². The Morgan fingerprint density at radius 1 is 1.38 bits per heavy atom. The van der Waals surface area contributed by atoms with Crippen LogP contribution in [0.4, 0.5) is 13.6 Å². The van der Waals surface area contributed by atoms with E-state index in [1.165, 1.54) is 4.90 Å². The Morgan fingerprint density at radius 2 is 2.21 bits per heavy atom. The highest BCUT2D eigenvalue weighted by Crippen LogP contribution is 2.37. The monoisotopic (exact) mass is 333 g/mol. The molecule has 0 bridgehead atoms. The van der Waals surface area contributed by atoms with Crippen molar-refractivity contribution < 1.29 is 13.6 Å². The molecule has 0 atom stereocenters. The minimum Gasteiger partial charge on any atom is -0.331 e. The zero-order valence-corrected chi connectivity index (χ0v) is 13.0. The number of urea groups is 1. The van der Waals surface area contributed by atoms with Gasteiger partial charge in [-0.2, -0.15) is 5.10 Å². The summed E-state index contributed by atoms with van der Waals surface area (Å²) in [7, 11) is 0. The molecule has 2 amide bonds. The Balaban J connectivity index is 1.38. The molecule has 2 aliphatic rings. The average Bonchev–Trinajstić information content (AvgIpc) is 3.34. The van der Waals surface area contributed by atoms with Crippen LogP contribution in [0.1, 0.15) is 41.5 Å². The minimum absolute atomic E-state index is 0.0640. The first kappa shape index (κ1) is 15.0. The molecule has 8 heteroatoms. The normalized spacial score (nSPS) is 16.8. The number of benzene rings is 1. The van der Waals surface area contributed by atoms with Gasteiger partial charge in [0, 0.05) is 18.0 Å². The fourth-order valence-electron chi connectivity index (χ4n) is 2.92. The molecule has 0 saturated heterocycles. The Morgan fingerprint density at radius 3 is 3.00 bits per heavy atom. The van der Waals surface area contributed by atoms with Crippen molar-refractivity contribution in [1.82, 2.24) is 25.4 Å². The second kappa shape index (κ2) is 5.85.